The van der Waals surface area contributed by atoms with Crippen LogP contribution in [0.15, 0.2) is 167 Å². The average molecular weight is 612 g/mol. The standard InChI is InChI=1S/C41H26NO3P/c43-46(30-9-3-1-4-10-30,31-11-5-2-6-12-31)32-18-19-37(42-26-32)29-17-22-41-36(25-29)35-24-28(16-21-40(35)45-41)27-15-20-39-34(23-27)33-13-7-8-14-38(33)44-39/h1-26H. The van der Waals surface area contributed by atoms with Crippen LogP contribution in [0.4, 0.5) is 0 Å². The highest BCUT2D eigenvalue weighted by Gasteiger charge is 2.30. The van der Waals surface area contributed by atoms with Crippen LogP contribution >= 0.6 is 7.14 Å². The van der Waals surface area contributed by atoms with E-state index in [0.717, 1.165) is 76.9 Å². The highest BCUT2D eigenvalue weighted by molar-refractivity contribution is 7.85. The molecule has 0 bridgehead atoms. The van der Waals surface area contributed by atoms with E-state index in [0.29, 0.717) is 5.30 Å². The predicted molar refractivity (Wildman–Crippen MR) is 189 cm³/mol. The lowest BCUT2D eigenvalue weighted by molar-refractivity contribution is 0.592. The molecule has 0 fully saturated rings. The van der Waals surface area contributed by atoms with Crippen LogP contribution in [0.2, 0.25) is 0 Å². The van der Waals surface area contributed by atoms with Crippen molar-refractivity contribution in [2.24, 2.45) is 0 Å². The van der Waals surface area contributed by atoms with E-state index in [1.165, 1.54) is 0 Å². The molecular weight excluding hydrogens is 585 g/mol. The number of pyridine rings is 1. The first kappa shape index (κ1) is 26.7. The number of hydrogen-bond acceptors (Lipinski definition) is 4. The number of rotatable bonds is 5. The highest BCUT2D eigenvalue weighted by atomic mass is 31.2. The molecule has 0 N–H and O–H groups in total. The first-order chi connectivity index (χ1) is 22.6. The summed E-state index contributed by atoms with van der Waals surface area (Å²) in [6.07, 6.45) is 1.77. The molecular formula is C41H26NO3P. The third kappa shape index (κ3) is 4.23. The topological polar surface area (TPSA) is 56.2 Å². The Hall–Kier alpha value is -5.70. The van der Waals surface area contributed by atoms with Gasteiger partial charge in [-0.05, 0) is 71.8 Å². The lowest BCUT2D eigenvalue weighted by atomic mass is 10.00. The van der Waals surface area contributed by atoms with Gasteiger partial charge in [0.25, 0.3) is 0 Å². The van der Waals surface area contributed by atoms with Crippen LogP contribution in [0.5, 0.6) is 0 Å². The van der Waals surface area contributed by atoms with Crippen LogP contribution in [-0.2, 0) is 4.57 Å². The molecule has 0 radical (unpaired) electrons. The number of benzene rings is 6. The van der Waals surface area contributed by atoms with Gasteiger partial charge in [-0.15, -0.1) is 0 Å². The molecule has 3 heterocycles. The minimum absolute atomic E-state index is 0.704. The summed E-state index contributed by atoms with van der Waals surface area (Å²) in [4.78, 5) is 4.84. The molecule has 5 heteroatoms. The number of para-hydroxylation sites is 1. The normalized spacial score (nSPS) is 12.0. The van der Waals surface area contributed by atoms with Gasteiger partial charge in [0.05, 0.1) is 5.69 Å². The minimum Gasteiger partial charge on any atom is -0.456 e. The zero-order valence-electron chi connectivity index (χ0n) is 24.6. The summed E-state index contributed by atoms with van der Waals surface area (Å²) in [5, 5.41) is 6.56. The molecule has 0 unspecified atom stereocenters. The van der Waals surface area contributed by atoms with E-state index >= 15 is 0 Å². The van der Waals surface area contributed by atoms with Gasteiger partial charge in [-0.1, -0.05) is 91.0 Å². The first-order valence-electron chi connectivity index (χ1n) is 15.2. The third-order valence-corrected chi connectivity index (χ3v) is 11.9. The van der Waals surface area contributed by atoms with Gasteiger partial charge in [0, 0.05) is 49.2 Å². The monoisotopic (exact) mass is 611 g/mol. The molecule has 4 nitrogen and oxygen atoms in total. The number of fused-ring (bicyclic) bond motifs is 6. The molecule has 6 aromatic carbocycles. The van der Waals surface area contributed by atoms with Crippen molar-refractivity contribution < 1.29 is 13.4 Å². The Kier molecular flexibility index (Phi) is 6.06. The van der Waals surface area contributed by atoms with E-state index in [2.05, 4.69) is 36.4 Å². The van der Waals surface area contributed by atoms with Gasteiger partial charge in [-0.2, -0.15) is 0 Å². The van der Waals surface area contributed by atoms with Crippen LogP contribution < -0.4 is 15.9 Å². The van der Waals surface area contributed by atoms with E-state index in [-0.39, 0.29) is 0 Å². The molecule has 0 amide bonds. The van der Waals surface area contributed by atoms with Crippen molar-refractivity contribution in [2.75, 3.05) is 0 Å². The Labute approximate surface area is 264 Å². The fraction of sp³-hybridized carbons (Fsp3) is 0. The lowest BCUT2D eigenvalue weighted by Crippen LogP contribution is -2.25. The smallest absolute Gasteiger partial charge is 0.172 e. The van der Waals surface area contributed by atoms with Gasteiger partial charge in [0.1, 0.15) is 22.3 Å². The summed E-state index contributed by atoms with van der Waals surface area (Å²) in [6.45, 7) is 0. The van der Waals surface area contributed by atoms with E-state index < -0.39 is 7.14 Å². The van der Waals surface area contributed by atoms with E-state index in [4.69, 9.17) is 13.8 Å². The average Bonchev–Trinajstić information content (AvgIpc) is 3.69. The van der Waals surface area contributed by atoms with Crippen LogP contribution in [0, 0.1) is 0 Å². The van der Waals surface area contributed by atoms with Crippen molar-refractivity contribution >= 4 is 66.9 Å². The molecule has 0 saturated heterocycles. The van der Waals surface area contributed by atoms with E-state index in [9.17, 15) is 4.57 Å². The number of furan rings is 2. The Bertz CT molecular complexity index is 2560. The van der Waals surface area contributed by atoms with Crippen molar-refractivity contribution in [2.45, 2.75) is 0 Å². The van der Waals surface area contributed by atoms with Gasteiger partial charge < -0.3 is 13.4 Å². The zero-order chi connectivity index (χ0) is 30.7. The molecule has 0 atom stereocenters. The van der Waals surface area contributed by atoms with Gasteiger partial charge >= 0.3 is 0 Å². The van der Waals surface area contributed by atoms with Crippen molar-refractivity contribution in [3.05, 3.63) is 158 Å². The van der Waals surface area contributed by atoms with Gasteiger partial charge in [0.15, 0.2) is 7.14 Å². The van der Waals surface area contributed by atoms with Gasteiger partial charge in [0.2, 0.25) is 0 Å². The highest BCUT2D eigenvalue weighted by Crippen LogP contribution is 2.42. The van der Waals surface area contributed by atoms with Crippen molar-refractivity contribution in [3.8, 4) is 22.4 Å². The third-order valence-electron chi connectivity index (χ3n) is 8.83. The maximum Gasteiger partial charge on any atom is 0.172 e. The summed E-state index contributed by atoms with van der Waals surface area (Å²) >= 11 is 0. The summed E-state index contributed by atoms with van der Waals surface area (Å²) in [7, 11) is -3.09. The quantitative estimate of drug-likeness (QED) is 0.182. The maximum atomic E-state index is 14.8. The molecule has 0 aliphatic rings. The summed E-state index contributed by atoms with van der Waals surface area (Å²) < 4.78 is 27.1. The molecule has 9 rings (SSSR count). The van der Waals surface area contributed by atoms with Crippen molar-refractivity contribution in [1.29, 1.82) is 0 Å². The van der Waals surface area contributed by atoms with Crippen LogP contribution in [0.25, 0.3) is 66.3 Å². The predicted octanol–water partition coefficient (Wildman–Crippen LogP) is 9.85. The van der Waals surface area contributed by atoms with Crippen LogP contribution in [0.1, 0.15) is 0 Å². The number of nitrogens with zero attached hydrogens (tertiary/aromatic N) is 1. The molecule has 0 aliphatic heterocycles. The van der Waals surface area contributed by atoms with E-state index in [1.807, 2.05) is 115 Å². The maximum absolute atomic E-state index is 14.8. The van der Waals surface area contributed by atoms with Crippen LogP contribution in [0.3, 0.4) is 0 Å². The van der Waals surface area contributed by atoms with Crippen LogP contribution in [-0.4, -0.2) is 4.98 Å². The fourth-order valence-corrected chi connectivity index (χ4v) is 9.07. The Morgan fingerprint density at radius 3 is 1.46 bits per heavy atom. The van der Waals surface area contributed by atoms with Crippen molar-refractivity contribution in [3.63, 3.8) is 0 Å². The largest absolute Gasteiger partial charge is 0.456 e. The lowest BCUT2D eigenvalue weighted by Gasteiger charge is -2.19. The number of aromatic nitrogens is 1. The summed E-state index contributed by atoms with van der Waals surface area (Å²) in [6, 6.07) is 50.3. The SMILES string of the molecule is O=P(c1ccccc1)(c1ccccc1)c1ccc(-c2ccc3oc4ccc(-c5ccc6oc7ccccc7c6c5)cc4c3c2)nc1. The molecule has 0 saturated carbocycles. The molecule has 3 aromatic heterocycles. The Morgan fingerprint density at radius 2 is 0.891 bits per heavy atom. The second-order valence-electron chi connectivity index (χ2n) is 11.5. The molecule has 9 aromatic rings. The Balaban J connectivity index is 1.11. The summed E-state index contributed by atoms with van der Waals surface area (Å²) in [5.41, 5.74) is 7.42. The summed E-state index contributed by atoms with van der Waals surface area (Å²) in [5.74, 6) is 0. The first-order valence-corrected chi connectivity index (χ1v) is 16.9. The second-order valence-corrected chi connectivity index (χ2v) is 14.3. The minimum atomic E-state index is -3.09. The van der Waals surface area contributed by atoms with Gasteiger partial charge in [-0.25, -0.2) is 0 Å². The van der Waals surface area contributed by atoms with E-state index in [1.54, 1.807) is 6.20 Å². The Morgan fingerprint density at radius 1 is 0.413 bits per heavy atom. The van der Waals surface area contributed by atoms with Crippen molar-refractivity contribution in [1.82, 2.24) is 4.98 Å². The molecule has 0 aliphatic carbocycles. The molecule has 0 spiro atoms. The van der Waals surface area contributed by atoms with Gasteiger partial charge in [-0.3, -0.25) is 4.98 Å². The second kappa shape index (κ2) is 10.4. The molecule has 46 heavy (non-hydrogen) atoms. The fourth-order valence-electron chi connectivity index (χ4n) is 6.49. The number of hydrogen-bond donors (Lipinski definition) is 0. The molecule has 218 valence electrons. The zero-order valence-corrected chi connectivity index (χ0v) is 25.5.